The number of furan rings is 1. The van der Waals surface area contributed by atoms with Gasteiger partial charge >= 0.3 is 0 Å². The maximum absolute atomic E-state index is 12.3. The molecular formula is C20H18ClN3O2S. The number of thiocarbonyl (C=S) groups is 1. The van der Waals surface area contributed by atoms with Gasteiger partial charge in [-0.05, 0) is 55.4 Å². The second-order valence-electron chi connectivity index (χ2n) is 6.42. The highest BCUT2D eigenvalue weighted by atomic mass is 35.5. The minimum absolute atomic E-state index is 0.186. The number of carbonyl (C=O) groups is 1. The van der Waals surface area contributed by atoms with E-state index in [1.165, 1.54) is 12.8 Å². The van der Waals surface area contributed by atoms with Gasteiger partial charge in [0.1, 0.15) is 5.58 Å². The number of hydrogen-bond donors (Lipinski definition) is 2. The van der Waals surface area contributed by atoms with Crippen molar-refractivity contribution >= 4 is 57.2 Å². The topological polar surface area (TPSA) is 57.5 Å². The number of amides is 1. The lowest BCUT2D eigenvalue weighted by atomic mass is 10.2. The first-order chi connectivity index (χ1) is 13.1. The summed E-state index contributed by atoms with van der Waals surface area (Å²) in [5.74, 6) is -0.189. The molecule has 4 rings (SSSR count). The summed E-state index contributed by atoms with van der Waals surface area (Å²) in [5, 5.41) is 7.33. The first kappa shape index (κ1) is 17.8. The van der Waals surface area contributed by atoms with E-state index in [4.69, 9.17) is 28.2 Å². The van der Waals surface area contributed by atoms with Crippen LogP contribution in [0.1, 0.15) is 23.4 Å². The molecule has 0 spiro atoms. The molecule has 27 heavy (non-hydrogen) atoms. The fraction of sp³-hybridized carbons (Fsp3) is 0.200. The van der Waals surface area contributed by atoms with Crippen LogP contribution in [0, 0.1) is 0 Å². The van der Waals surface area contributed by atoms with E-state index in [-0.39, 0.29) is 10.9 Å². The molecule has 0 saturated carbocycles. The zero-order valence-electron chi connectivity index (χ0n) is 14.5. The molecule has 0 aliphatic carbocycles. The summed E-state index contributed by atoms with van der Waals surface area (Å²) in [6.45, 7) is 2.05. The van der Waals surface area contributed by atoms with Gasteiger partial charge in [0, 0.05) is 24.2 Å². The summed E-state index contributed by atoms with van der Waals surface area (Å²) in [7, 11) is 0. The van der Waals surface area contributed by atoms with Crippen molar-refractivity contribution in [3.63, 3.8) is 0 Å². The SMILES string of the molecule is O=C(NC(=S)Nc1ccc(N2CCCC2)c(Cl)c1)c1cc2ccccc2o1. The van der Waals surface area contributed by atoms with Crippen LogP contribution in [0.25, 0.3) is 11.0 Å². The minimum Gasteiger partial charge on any atom is -0.451 e. The van der Waals surface area contributed by atoms with E-state index >= 15 is 0 Å². The Hall–Kier alpha value is -2.57. The summed E-state index contributed by atoms with van der Waals surface area (Å²) in [6, 6.07) is 14.8. The van der Waals surface area contributed by atoms with Crippen molar-refractivity contribution in [2.75, 3.05) is 23.3 Å². The van der Waals surface area contributed by atoms with E-state index in [1.54, 1.807) is 6.07 Å². The Morgan fingerprint density at radius 1 is 1.11 bits per heavy atom. The average molecular weight is 400 g/mol. The van der Waals surface area contributed by atoms with E-state index in [9.17, 15) is 4.79 Å². The molecule has 1 aromatic heterocycles. The van der Waals surface area contributed by atoms with E-state index in [0.717, 1.165) is 29.9 Å². The largest absolute Gasteiger partial charge is 0.451 e. The monoisotopic (exact) mass is 399 g/mol. The first-order valence-corrected chi connectivity index (χ1v) is 9.54. The average Bonchev–Trinajstić information content (AvgIpc) is 3.31. The van der Waals surface area contributed by atoms with Gasteiger partial charge in [0.15, 0.2) is 10.9 Å². The standard InChI is InChI=1S/C20H18ClN3O2S/c21-15-12-14(7-8-16(15)24-9-3-4-10-24)22-20(27)23-19(25)18-11-13-5-1-2-6-17(13)26-18/h1-2,5-8,11-12H,3-4,9-10H2,(H2,22,23,25,27). The third-order valence-electron chi connectivity index (χ3n) is 4.53. The fourth-order valence-corrected chi connectivity index (χ4v) is 3.73. The molecular weight excluding hydrogens is 382 g/mol. The van der Waals surface area contributed by atoms with Crippen LogP contribution in [0.15, 0.2) is 52.9 Å². The van der Waals surface area contributed by atoms with Crippen molar-refractivity contribution in [1.29, 1.82) is 0 Å². The minimum atomic E-state index is -0.400. The smallest absolute Gasteiger partial charge is 0.293 e. The van der Waals surface area contributed by atoms with E-state index in [1.807, 2.05) is 42.5 Å². The zero-order valence-corrected chi connectivity index (χ0v) is 16.1. The second kappa shape index (κ2) is 7.58. The van der Waals surface area contributed by atoms with Crippen molar-refractivity contribution in [2.45, 2.75) is 12.8 Å². The van der Waals surface area contributed by atoms with Gasteiger partial charge in [0.05, 0.1) is 10.7 Å². The van der Waals surface area contributed by atoms with Crippen LogP contribution in [0.3, 0.4) is 0 Å². The Morgan fingerprint density at radius 2 is 1.89 bits per heavy atom. The van der Waals surface area contributed by atoms with E-state index in [0.29, 0.717) is 10.6 Å². The molecule has 1 aliphatic heterocycles. The van der Waals surface area contributed by atoms with Crippen LogP contribution in [0.5, 0.6) is 0 Å². The lowest BCUT2D eigenvalue weighted by molar-refractivity contribution is 0.0953. The van der Waals surface area contributed by atoms with Crippen LogP contribution in [0.4, 0.5) is 11.4 Å². The Kier molecular flexibility index (Phi) is 5.01. The van der Waals surface area contributed by atoms with Crippen LogP contribution >= 0.6 is 23.8 Å². The molecule has 1 fully saturated rings. The third kappa shape index (κ3) is 3.91. The second-order valence-corrected chi connectivity index (χ2v) is 7.23. The lowest BCUT2D eigenvalue weighted by Crippen LogP contribution is -2.33. The Balaban J connectivity index is 1.41. The van der Waals surface area contributed by atoms with Gasteiger partial charge in [-0.15, -0.1) is 0 Å². The van der Waals surface area contributed by atoms with Crippen LogP contribution in [-0.2, 0) is 0 Å². The number of halogens is 1. The molecule has 0 unspecified atom stereocenters. The van der Waals surface area contributed by atoms with Crippen molar-refractivity contribution < 1.29 is 9.21 Å². The van der Waals surface area contributed by atoms with Crippen molar-refractivity contribution in [3.05, 3.63) is 59.3 Å². The van der Waals surface area contributed by atoms with Gasteiger partial charge in [0.25, 0.3) is 5.91 Å². The normalized spacial score (nSPS) is 13.7. The van der Waals surface area contributed by atoms with E-state index < -0.39 is 5.91 Å². The number of nitrogens with one attached hydrogen (secondary N) is 2. The van der Waals surface area contributed by atoms with Crippen LogP contribution in [0.2, 0.25) is 5.02 Å². The number of rotatable bonds is 3. The van der Waals surface area contributed by atoms with Gasteiger partial charge in [-0.25, -0.2) is 0 Å². The van der Waals surface area contributed by atoms with Crippen molar-refractivity contribution in [2.24, 2.45) is 0 Å². The summed E-state index contributed by atoms with van der Waals surface area (Å²) < 4.78 is 5.55. The third-order valence-corrected chi connectivity index (χ3v) is 5.04. The molecule has 1 aliphatic rings. The molecule has 2 aromatic carbocycles. The zero-order chi connectivity index (χ0) is 18.8. The number of para-hydroxylation sites is 1. The van der Waals surface area contributed by atoms with Gasteiger partial charge in [-0.3, -0.25) is 10.1 Å². The summed E-state index contributed by atoms with van der Waals surface area (Å²) in [5.41, 5.74) is 2.40. The number of hydrogen-bond acceptors (Lipinski definition) is 4. The highest BCUT2D eigenvalue weighted by Crippen LogP contribution is 2.31. The van der Waals surface area contributed by atoms with Crippen molar-refractivity contribution in [1.82, 2.24) is 5.32 Å². The highest BCUT2D eigenvalue weighted by Gasteiger charge is 2.16. The summed E-state index contributed by atoms with van der Waals surface area (Å²) in [6.07, 6.45) is 2.38. The van der Waals surface area contributed by atoms with Crippen LogP contribution in [-0.4, -0.2) is 24.1 Å². The molecule has 2 heterocycles. The molecule has 0 atom stereocenters. The number of benzene rings is 2. The van der Waals surface area contributed by atoms with Gasteiger partial charge in [-0.2, -0.15) is 0 Å². The number of carbonyl (C=O) groups excluding carboxylic acids is 1. The lowest BCUT2D eigenvalue weighted by Gasteiger charge is -2.20. The predicted octanol–water partition coefficient (Wildman–Crippen LogP) is 4.81. The fourth-order valence-electron chi connectivity index (χ4n) is 3.22. The Morgan fingerprint density at radius 3 is 2.63 bits per heavy atom. The molecule has 3 aromatic rings. The summed E-state index contributed by atoms with van der Waals surface area (Å²) >= 11 is 11.7. The quantitative estimate of drug-likeness (QED) is 0.619. The Labute approximate surface area is 167 Å². The highest BCUT2D eigenvalue weighted by molar-refractivity contribution is 7.80. The van der Waals surface area contributed by atoms with E-state index in [2.05, 4.69) is 15.5 Å². The van der Waals surface area contributed by atoms with Gasteiger partial charge in [0.2, 0.25) is 0 Å². The molecule has 0 bridgehead atoms. The molecule has 2 N–H and O–H groups in total. The van der Waals surface area contributed by atoms with Crippen LogP contribution < -0.4 is 15.5 Å². The Bertz CT molecular complexity index is 978. The molecule has 5 nitrogen and oxygen atoms in total. The first-order valence-electron chi connectivity index (χ1n) is 8.75. The molecule has 138 valence electrons. The number of anilines is 2. The molecule has 1 amide bonds. The maximum Gasteiger partial charge on any atom is 0.293 e. The maximum atomic E-state index is 12.3. The number of fused-ring (bicyclic) bond motifs is 1. The van der Waals surface area contributed by atoms with Gasteiger partial charge in [-0.1, -0.05) is 29.8 Å². The van der Waals surface area contributed by atoms with Gasteiger partial charge < -0.3 is 14.6 Å². The predicted molar refractivity (Wildman–Crippen MR) is 113 cm³/mol. The molecule has 1 saturated heterocycles. The van der Waals surface area contributed by atoms with Crippen molar-refractivity contribution in [3.8, 4) is 0 Å². The molecule has 7 heteroatoms. The molecule has 0 radical (unpaired) electrons. The number of nitrogens with zero attached hydrogens (tertiary/aromatic N) is 1. The summed E-state index contributed by atoms with van der Waals surface area (Å²) in [4.78, 5) is 14.6.